The molecule has 0 saturated carbocycles. The van der Waals surface area contributed by atoms with Gasteiger partial charge in [-0.1, -0.05) is 17.7 Å². The van der Waals surface area contributed by atoms with E-state index in [4.69, 9.17) is 21.1 Å². The summed E-state index contributed by atoms with van der Waals surface area (Å²) in [6.07, 6.45) is 5.48. The molecule has 192 valence electrons. The number of carbonyl (C=O) groups excluding carboxylic acids is 2. The molecule has 1 saturated heterocycles. The van der Waals surface area contributed by atoms with Gasteiger partial charge < -0.3 is 19.7 Å². The Labute approximate surface area is 220 Å². The maximum absolute atomic E-state index is 12.5. The Hall–Kier alpha value is -3.53. The zero-order chi connectivity index (χ0) is 25.6. The number of nitrogens with one attached hydrogen (secondary N) is 1. The lowest BCUT2D eigenvalue weighted by Gasteiger charge is -2.26. The van der Waals surface area contributed by atoms with Crippen LogP contribution in [0.1, 0.15) is 12.0 Å². The second-order valence-electron chi connectivity index (χ2n) is 8.90. The molecule has 1 fully saturated rings. The van der Waals surface area contributed by atoms with E-state index >= 15 is 0 Å². The van der Waals surface area contributed by atoms with Gasteiger partial charge in [0.05, 0.1) is 25.3 Å². The third-order valence-electron chi connectivity index (χ3n) is 6.42. The average molecular weight is 522 g/mol. The van der Waals surface area contributed by atoms with Crippen LogP contribution in [0.4, 0.5) is 17.2 Å². The summed E-state index contributed by atoms with van der Waals surface area (Å²) in [5.74, 6) is -0.225. The summed E-state index contributed by atoms with van der Waals surface area (Å²) in [5.41, 5.74) is 3.56. The number of hydrogen-bond acceptors (Lipinski definition) is 8. The second kappa shape index (κ2) is 11.7. The largest absolute Gasteiger partial charge is 0.462 e. The molecule has 10 heteroatoms. The highest BCUT2D eigenvalue weighted by atomic mass is 35.5. The zero-order valence-corrected chi connectivity index (χ0v) is 21.1. The van der Waals surface area contributed by atoms with Gasteiger partial charge in [0.25, 0.3) is 0 Å². The van der Waals surface area contributed by atoms with E-state index in [1.54, 1.807) is 6.07 Å². The molecule has 1 amide bonds. The Balaban J connectivity index is 1.19. The molecular weight excluding hydrogens is 494 g/mol. The first kappa shape index (κ1) is 25.1. The average Bonchev–Trinajstić information content (AvgIpc) is 3.33. The summed E-state index contributed by atoms with van der Waals surface area (Å²) in [6.45, 7) is 5.21. The number of morpholine rings is 1. The summed E-state index contributed by atoms with van der Waals surface area (Å²) in [7, 11) is 0. The van der Waals surface area contributed by atoms with Crippen LogP contribution in [0.5, 0.6) is 0 Å². The molecule has 5 rings (SSSR count). The fraction of sp³-hybridized carbons (Fsp3) is 0.333. The quantitative estimate of drug-likeness (QED) is 0.272. The number of rotatable bonds is 8. The van der Waals surface area contributed by atoms with Crippen LogP contribution in [-0.2, 0) is 25.5 Å². The van der Waals surface area contributed by atoms with Crippen LogP contribution in [0.3, 0.4) is 0 Å². The highest BCUT2D eigenvalue weighted by Gasteiger charge is 2.23. The number of halogens is 1. The van der Waals surface area contributed by atoms with Crippen LogP contribution in [0.2, 0.25) is 5.02 Å². The Kier molecular flexibility index (Phi) is 7.93. The second-order valence-corrected chi connectivity index (χ2v) is 9.34. The number of ether oxygens (including phenoxy) is 2. The van der Waals surface area contributed by atoms with Crippen molar-refractivity contribution in [1.29, 1.82) is 0 Å². The van der Waals surface area contributed by atoms with Crippen molar-refractivity contribution in [1.82, 2.24) is 14.9 Å². The summed E-state index contributed by atoms with van der Waals surface area (Å²) in [6, 6.07) is 11.3. The van der Waals surface area contributed by atoms with Gasteiger partial charge in [0.2, 0.25) is 5.91 Å². The summed E-state index contributed by atoms with van der Waals surface area (Å²) >= 11 is 6.24. The third-order valence-corrected chi connectivity index (χ3v) is 6.65. The fourth-order valence-electron chi connectivity index (χ4n) is 4.57. The first-order chi connectivity index (χ1) is 18.1. The van der Waals surface area contributed by atoms with Crippen LogP contribution in [0.25, 0.3) is 10.9 Å². The van der Waals surface area contributed by atoms with Gasteiger partial charge in [-0.25, -0.2) is 14.8 Å². The Morgan fingerprint density at radius 2 is 1.95 bits per heavy atom. The molecular formula is C27H28ClN5O4. The van der Waals surface area contributed by atoms with Crippen molar-refractivity contribution in [3.05, 3.63) is 65.5 Å². The summed E-state index contributed by atoms with van der Waals surface area (Å²) in [4.78, 5) is 37.7. The highest BCUT2D eigenvalue weighted by Crippen LogP contribution is 2.38. The number of benzene rings is 2. The van der Waals surface area contributed by atoms with E-state index in [9.17, 15) is 9.59 Å². The molecule has 2 aliphatic rings. The summed E-state index contributed by atoms with van der Waals surface area (Å²) in [5, 5.41) is 4.27. The number of carbonyl (C=O) groups is 2. The zero-order valence-electron chi connectivity index (χ0n) is 20.4. The van der Waals surface area contributed by atoms with Gasteiger partial charge in [-0.3, -0.25) is 9.69 Å². The molecule has 2 aromatic carbocycles. The van der Waals surface area contributed by atoms with Gasteiger partial charge in [0.1, 0.15) is 12.1 Å². The molecule has 37 heavy (non-hydrogen) atoms. The highest BCUT2D eigenvalue weighted by molar-refractivity contribution is 6.31. The first-order valence-electron chi connectivity index (χ1n) is 12.3. The number of hydrogen-bond donors (Lipinski definition) is 1. The Bertz CT molecular complexity index is 1330. The smallest absolute Gasteiger partial charge is 0.330 e. The first-order valence-corrected chi connectivity index (χ1v) is 12.7. The normalized spacial score (nSPS) is 15.8. The van der Waals surface area contributed by atoms with Crippen molar-refractivity contribution in [2.45, 2.75) is 12.8 Å². The molecule has 0 atom stereocenters. The number of aromatic nitrogens is 2. The van der Waals surface area contributed by atoms with E-state index in [0.717, 1.165) is 80.7 Å². The molecule has 3 heterocycles. The maximum atomic E-state index is 12.5. The van der Waals surface area contributed by atoms with Gasteiger partial charge in [-0.15, -0.1) is 0 Å². The standard InChI is InChI=1S/C27H28ClN5O4/c28-20-3-2-19-8-10-33(24(19)16-20)27-22-17-21(4-5-23(22)29-18-30-27)31-25(34)6-7-26(35)37-13-1-9-32-11-14-36-15-12-32/h2-7,16-18H,1,8-15H2,(H,31,34). The van der Waals surface area contributed by atoms with Crippen LogP contribution in [0.15, 0.2) is 54.9 Å². The van der Waals surface area contributed by atoms with Crippen LogP contribution >= 0.6 is 11.6 Å². The van der Waals surface area contributed by atoms with Crippen molar-refractivity contribution in [3.63, 3.8) is 0 Å². The molecule has 2 aliphatic heterocycles. The number of fused-ring (bicyclic) bond motifs is 2. The van der Waals surface area contributed by atoms with Crippen molar-refractivity contribution >= 4 is 51.6 Å². The van der Waals surface area contributed by atoms with Crippen molar-refractivity contribution in [2.75, 3.05) is 56.2 Å². The van der Waals surface area contributed by atoms with Gasteiger partial charge in [0.15, 0.2) is 0 Å². The molecule has 0 spiro atoms. The lowest BCUT2D eigenvalue weighted by atomic mass is 10.1. The number of nitrogens with zero attached hydrogens (tertiary/aromatic N) is 4. The van der Waals surface area contributed by atoms with Crippen molar-refractivity contribution in [3.8, 4) is 0 Å². The van der Waals surface area contributed by atoms with E-state index in [0.29, 0.717) is 17.3 Å². The van der Waals surface area contributed by atoms with E-state index in [1.165, 1.54) is 18.0 Å². The van der Waals surface area contributed by atoms with E-state index in [2.05, 4.69) is 25.1 Å². The predicted molar refractivity (Wildman–Crippen MR) is 142 cm³/mol. The molecule has 0 aliphatic carbocycles. The van der Waals surface area contributed by atoms with Crippen LogP contribution in [-0.4, -0.2) is 72.7 Å². The molecule has 1 N–H and O–H groups in total. The van der Waals surface area contributed by atoms with Crippen molar-refractivity contribution < 1.29 is 19.1 Å². The maximum Gasteiger partial charge on any atom is 0.330 e. The minimum atomic E-state index is -0.544. The van der Waals surface area contributed by atoms with E-state index in [1.807, 2.05) is 30.3 Å². The fourth-order valence-corrected chi connectivity index (χ4v) is 4.74. The van der Waals surface area contributed by atoms with Crippen LogP contribution in [0, 0.1) is 0 Å². The monoisotopic (exact) mass is 521 g/mol. The minimum Gasteiger partial charge on any atom is -0.462 e. The number of esters is 1. The van der Waals surface area contributed by atoms with E-state index < -0.39 is 11.9 Å². The number of anilines is 3. The van der Waals surface area contributed by atoms with Gasteiger partial charge in [-0.05, 0) is 48.7 Å². The topological polar surface area (TPSA) is 96.9 Å². The molecule has 0 bridgehead atoms. The Morgan fingerprint density at radius 1 is 1.08 bits per heavy atom. The molecule has 0 unspecified atom stereocenters. The molecule has 1 aromatic heterocycles. The minimum absolute atomic E-state index is 0.306. The SMILES string of the molecule is O=C(C=CC(=O)OCCCN1CCOCC1)Nc1ccc2ncnc(N3CCc4ccc(Cl)cc43)c2c1. The van der Waals surface area contributed by atoms with Crippen LogP contribution < -0.4 is 10.2 Å². The molecule has 3 aromatic rings. The van der Waals surface area contributed by atoms with E-state index in [-0.39, 0.29) is 0 Å². The van der Waals surface area contributed by atoms with Gasteiger partial charge >= 0.3 is 5.97 Å². The molecule has 9 nitrogen and oxygen atoms in total. The Morgan fingerprint density at radius 3 is 2.81 bits per heavy atom. The van der Waals surface area contributed by atoms with Gasteiger partial charge in [-0.2, -0.15) is 0 Å². The predicted octanol–water partition coefficient (Wildman–Crippen LogP) is 3.74. The van der Waals surface area contributed by atoms with Crippen molar-refractivity contribution in [2.24, 2.45) is 0 Å². The lowest BCUT2D eigenvalue weighted by Crippen LogP contribution is -2.37. The lowest BCUT2D eigenvalue weighted by molar-refractivity contribution is -0.138. The molecule has 0 radical (unpaired) electrons. The number of amides is 1. The third kappa shape index (κ3) is 6.25. The van der Waals surface area contributed by atoms with Gasteiger partial charge in [0, 0.05) is 60.1 Å². The summed E-state index contributed by atoms with van der Waals surface area (Å²) < 4.78 is 10.5.